The van der Waals surface area contributed by atoms with Gasteiger partial charge in [0, 0.05) is 38.7 Å². The maximum Gasteiger partial charge on any atom is 0.287 e. The first-order valence-corrected chi connectivity index (χ1v) is 11.9. The van der Waals surface area contributed by atoms with Crippen LogP contribution in [0.1, 0.15) is 48.3 Å². The van der Waals surface area contributed by atoms with Crippen LogP contribution in [0.2, 0.25) is 0 Å². The fourth-order valence-electron chi connectivity index (χ4n) is 3.06. The molecule has 0 aliphatic rings. The molecule has 0 radical (unpaired) electrons. The molecule has 2 heterocycles. The highest BCUT2D eigenvalue weighted by molar-refractivity contribution is 7.98. The summed E-state index contributed by atoms with van der Waals surface area (Å²) < 4.78 is 10.7. The molecule has 7 nitrogen and oxygen atoms in total. The lowest BCUT2D eigenvalue weighted by molar-refractivity contribution is 0.0908. The summed E-state index contributed by atoms with van der Waals surface area (Å²) >= 11 is 1.49. The van der Waals surface area contributed by atoms with Crippen LogP contribution in [0.5, 0.6) is 0 Å². The number of hydrogen-bond donors (Lipinski definition) is 1. The van der Waals surface area contributed by atoms with Crippen molar-refractivity contribution < 1.29 is 13.9 Å². The third-order valence-corrected chi connectivity index (χ3v) is 5.80. The number of amides is 1. The SMILES string of the molecule is COCCNC(=O)c1ccc(CSc2nc(N(C)Cc3ccccc3)cc(C(C)(C)C)n2)o1. The second-order valence-corrected chi connectivity index (χ2v) is 9.73. The van der Waals surface area contributed by atoms with Gasteiger partial charge in [-0.15, -0.1) is 0 Å². The third-order valence-electron chi connectivity index (χ3n) is 4.93. The summed E-state index contributed by atoms with van der Waals surface area (Å²) in [5, 5.41) is 3.44. The molecule has 2 aromatic heterocycles. The Kier molecular flexibility index (Phi) is 8.52. The van der Waals surface area contributed by atoms with E-state index < -0.39 is 0 Å². The lowest BCUT2D eigenvalue weighted by Gasteiger charge is -2.23. The number of nitrogens with one attached hydrogen (secondary N) is 1. The normalized spacial score (nSPS) is 11.4. The average molecular weight is 469 g/mol. The minimum Gasteiger partial charge on any atom is -0.455 e. The fourth-order valence-corrected chi connectivity index (χ4v) is 3.81. The minimum atomic E-state index is -0.251. The molecule has 1 amide bonds. The number of aromatic nitrogens is 2. The highest BCUT2D eigenvalue weighted by Crippen LogP contribution is 2.29. The Morgan fingerprint density at radius 1 is 1.15 bits per heavy atom. The number of furan rings is 1. The van der Waals surface area contributed by atoms with Crippen molar-refractivity contribution in [3.63, 3.8) is 0 Å². The third kappa shape index (κ3) is 7.33. The molecule has 0 bridgehead atoms. The molecule has 176 valence electrons. The summed E-state index contributed by atoms with van der Waals surface area (Å²) in [5.41, 5.74) is 2.09. The second-order valence-electron chi connectivity index (χ2n) is 8.79. The number of carbonyl (C=O) groups is 1. The summed E-state index contributed by atoms with van der Waals surface area (Å²) in [6.45, 7) is 8.08. The molecule has 0 saturated heterocycles. The number of anilines is 1. The first-order valence-electron chi connectivity index (χ1n) is 10.9. The number of hydrogen-bond acceptors (Lipinski definition) is 7. The zero-order valence-electron chi connectivity index (χ0n) is 19.9. The van der Waals surface area contributed by atoms with E-state index in [1.807, 2.05) is 31.3 Å². The first kappa shape index (κ1) is 24.8. The molecule has 0 atom stereocenters. The number of methoxy groups -OCH3 is 1. The number of ether oxygens (including phenoxy) is 1. The summed E-state index contributed by atoms with van der Waals surface area (Å²) in [5.74, 6) is 2.13. The molecule has 0 spiro atoms. The van der Waals surface area contributed by atoms with Gasteiger partial charge in [0.05, 0.1) is 18.1 Å². The van der Waals surface area contributed by atoms with Crippen molar-refractivity contribution in [1.29, 1.82) is 0 Å². The van der Waals surface area contributed by atoms with E-state index >= 15 is 0 Å². The van der Waals surface area contributed by atoms with Crippen molar-refractivity contribution in [2.75, 3.05) is 32.2 Å². The quantitative estimate of drug-likeness (QED) is 0.263. The van der Waals surface area contributed by atoms with Gasteiger partial charge >= 0.3 is 0 Å². The van der Waals surface area contributed by atoms with Gasteiger partial charge in [-0.25, -0.2) is 9.97 Å². The zero-order chi connectivity index (χ0) is 23.8. The molecule has 0 aliphatic heterocycles. The van der Waals surface area contributed by atoms with E-state index in [0.717, 1.165) is 18.1 Å². The van der Waals surface area contributed by atoms with Crippen molar-refractivity contribution in [3.8, 4) is 0 Å². The minimum absolute atomic E-state index is 0.112. The van der Waals surface area contributed by atoms with E-state index in [1.165, 1.54) is 17.3 Å². The van der Waals surface area contributed by atoms with E-state index in [0.29, 0.717) is 29.8 Å². The standard InChI is InChI=1S/C25H32N4O3S/c1-25(2,3)21-15-22(29(4)16-18-9-7-6-8-10-18)28-24(27-21)33-17-19-11-12-20(32-19)23(30)26-13-14-31-5/h6-12,15H,13-14,16-17H2,1-5H3,(H,26,30). The summed E-state index contributed by atoms with van der Waals surface area (Å²) in [6, 6.07) is 15.9. The number of thioether (sulfide) groups is 1. The van der Waals surface area contributed by atoms with Crippen LogP contribution in [0.25, 0.3) is 0 Å². The van der Waals surface area contributed by atoms with E-state index in [4.69, 9.17) is 19.1 Å². The molecule has 1 N–H and O–H groups in total. The van der Waals surface area contributed by atoms with E-state index in [-0.39, 0.29) is 17.1 Å². The number of rotatable bonds is 10. The van der Waals surface area contributed by atoms with Crippen molar-refractivity contribution in [3.05, 3.63) is 71.3 Å². The molecule has 0 saturated carbocycles. The van der Waals surface area contributed by atoms with E-state index in [2.05, 4.69) is 49.2 Å². The van der Waals surface area contributed by atoms with Crippen molar-refractivity contribution in [1.82, 2.24) is 15.3 Å². The van der Waals surface area contributed by atoms with Gasteiger partial charge in [0.25, 0.3) is 5.91 Å². The first-order chi connectivity index (χ1) is 15.8. The van der Waals surface area contributed by atoms with Gasteiger partial charge < -0.3 is 19.4 Å². The van der Waals surface area contributed by atoms with Crippen LogP contribution in [0.3, 0.4) is 0 Å². The van der Waals surface area contributed by atoms with Gasteiger partial charge in [0.2, 0.25) is 0 Å². The second kappa shape index (κ2) is 11.3. The molecule has 0 unspecified atom stereocenters. The molecule has 1 aromatic carbocycles. The van der Waals surface area contributed by atoms with Crippen LogP contribution in [0, 0.1) is 0 Å². The van der Waals surface area contributed by atoms with Crippen molar-refractivity contribution >= 4 is 23.5 Å². The van der Waals surface area contributed by atoms with Crippen molar-refractivity contribution in [2.24, 2.45) is 0 Å². The van der Waals surface area contributed by atoms with E-state index in [1.54, 1.807) is 13.2 Å². The predicted octanol–water partition coefficient (Wildman–Crippen LogP) is 4.67. The Labute approximate surface area is 200 Å². The molecule has 0 fully saturated rings. The van der Waals surface area contributed by atoms with Gasteiger partial charge in [-0.3, -0.25) is 4.79 Å². The Hall–Kier alpha value is -2.84. The molecule has 8 heteroatoms. The molecule has 3 rings (SSSR count). The fraction of sp³-hybridized carbons (Fsp3) is 0.400. The highest BCUT2D eigenvalue weighted by Gasteiger charge is 2.20. The van der Waals surface area contributed by atoms with Crippen LogP contribution >= 0.6 is 11.8 Å². The number of nitrogens with zero attached hydrogens (tertiary/aromatic N) is 3. The van der Waals surface area contributed by atoms with Gasteiger partial charge in [-0.2, -0.15) is 0 Å². The van der Waals surface area contributed by atoms with Crippen LogP contribution in [0.15, 0.2) is 58.1 Å². The maximum atomic E-state index is 12.1. The zero-order valence-corrected chi connectivity index (χ0v) is 20.7. The maximum absolute atomic E-state index is 12.1. The van der Waals surface area contributed by atoms with E-state index in [9.17, 15) is 4.79 Å². The lowest BCUT2D eigenvalue weighted by Crippen LogP contribution is -2.26. The highest BCUT2D eigenvalue weighted by atomic mass is 32.2. The Morgan fingerprint density at radius 3 is 2.61 bits per heavy atom. The Morgan fingerprint density at radius 2 is 1.91 bits per heavy atom. The summed E-state index contributed by atoms with van der Waals surface area (Å²) in [7, 11) is 3.63. The monoisotopic (exact) mass is 468 g/mol. The number of benzene rings is 1. The molecule has 3 aromatic rings. The Balaban J connectivity index is 1.72. The molecule has 33 heavy (non-hydrogen) atoms. The smallest absolute Gasteiger partial charge is 0.287 e. The van der Waals surface area contributed by atoms with Crippen LogP contribution < -0.4 is 10.2 Å². The predicted molar refractivity (Wildman–Crippen MR) is 132 cm³/mol. The molecular weight excluding hydrogens is 436 g/mol. The molecule has 0 aliphatic carbocycles. The van der Waals surface area contributed by atoms with Gasteiger partial charge in [0.15, 0.2) is 10.9 Å². The van der Waals surface area contributed by atoms with Gasteiger partial charge in [-0.1, -0.05) is 62.9 Å². The summed E-state index contributed by atoms with van der Waals surface area (Å²) in [4.78, 5) is 23.8. The topological polar surface area (TPSA) is 80.5 Å². The molecular formula is C25H32N4O3S. The average Bonchev–Trinajstić information content (AvgIpc) is 3.27. The number of carbonyl (C=O) groups excluding carboxylic acids is 1. The van der Waals surface area contributed by atoms with Crippen LogP contribution in [-0.2, 0) is 22.4 Å². The van der Waals surface area contributed by atoms with Crippen LogP contribution in [-0.4, -0.2) is 43.2 Å². The van der Waals surface area contributed by atoms with Crippen LogP contribution in [0.4, 0.5) is 5.82 Å². The Bertz CT molecular complexity index is 1050. The van der Waals surface area contributed by atoms with Gasteiger partial charge in [-0.05, 0) is 17.7 Å². The largest absolute Gasteiger partial charge is 0.455 e. The summed E-state index contributed by atoms with van der Waals surface area (Å²) in [6.07, 6.45) is 0. The lowest BCUT2D eigenvalue weighted by atomic mass is 9.92. The van der Waals surface area contributed by atoms with Gasteiger partial charge in [0.1, 0.15) is 11.6 Å². The van der Waals surface area contributed by atoms with Crippen molar-refractivity contribution in [2.45, 2.75) is 43.6 Å².